The van der Waals surface area contributed by atoms with Crippen molar-refractivity contribution in [1.82, 2.24) is 0 Å². The van der Waals surface area contributed by atoms with Crippen LogP contribution >= 0.6 is 10.3 Å². The van der Waals surface area contributed by atoms with Crippen LogP contribution in [0.3, 0.4) is 0 Å². The van der Waals surface area contributed by atoms with Crippen LogP contribution in [-0.2, 0) is 0 Å². The van der Waals surface area contributed by atoms with Crippen LogP contribution < -0.4 is 0 Å². The van der Waals surface area contributed by atoms with Gasteiger partial charge < -0.3 is 4.55 Å². The molecule has 0 spiro atoms. The molecule has 0 bridgehead atoms. The lowest BCUT2D eigenvalue weighted by atomic mass is 10.3. The molecule has 1 unspecified atom stereocenters. The second kappa shape index (κ2) is 2.74. The summed E-state index contributed by atoms with van der Waals surface area (Å²) in [5.74, 6) is 0. The maximum absolute atomic E-state index is 10.0. The number of rotatable bonds is 1. The molecule has 1 N–H and O–H groups in total. The molecule has 0 saturated heterocycles. The third kappa shape index (κ3) is 1.89. The molecule has 0 aliphatic rings. The first kappa shape index (κ1) is 10.3. The van der Waals surface area contributed by atoms with Gasteiger partial charge in [-0.15, -0.1) is 10.3 Å². The third-order valence-electron chi connectivity index (χ3n) is 2.16. The van der Waals surface area contributed by atoms with Gasteiger partial charge in [0, 0.05) is 10.00 Å². The summed E-state index contributed by atoms with van der Waals surface area (Å²) in [5, 5.41) is 0.396. The van der Waals surface area contributed by atoms with Gasteiger partial charge in [0.1, 0.15) is 0 Å². The molecule has 0 aromatic rings. The van der Waals surface area contributed by atoms with E-state index < -0.39 is 10.3 Å². The lowest BCUT2D eigenvalue weighted by Crippen LogP contribution is -2.29. The minimum absolute atomic E-state index is 0.0567. The van der Waals surface area contributed by atoms with Crippen LogP contribution in [0.1, 0.15) is 34.6 Å². The van der Waals surface area contributed by atoms with E-state index in [1.807, 2.05) is 6.26 Å². The first-order valence-corrected chi connectivity index (χ1v) is 5.75. The van der Waals surface area contributed by atoms with Crippen LogP contribution in [0.5, 0.6) is 0 Å². The third-order valence-corrected chi connectivity index (χ3v) is 6.47. The van der Waals surface area contributed by atoms with Gasteiger partial charge in [0.25, 0.3) is 0 Å². The molecule has 0 fully saturated rings. The normalized spacial score (nSPS) is 22.4. The molecule has 10 heavy (non-hydrogen) atoms. The van der Waals surface area contributed by atoms with Gasteiger partial charge in [0.15, 0.2) is 0 Å². The topological polar surface area (TPSA) is 20.2 Å². The fourth-order valence-corrected chi connectivity index (χ4v) is 2.12. The van der Waals surface area contributed by atoms with Gasteiger partial charge in [-0.25, -0.2) is 0 Å². The Morgan fingerprint density at radius 3 is 1.50 bits per heavy atom. The van der Waals surface area contributed by atoms with Crippen molar-refractivity contribution in [2.24, 2.45) is 0 Å². The van der Waals surface area contributed by atoms with Gasteiger partial charge in [0.2, 0.25) is 0 Å². The summed E-state index contributed by atoms with van der Waals surface area (Å²) in [7, 11) is -1.41. The molecule has 1 atom stereocenters. The highest BCUT2D eigenvalue weighted by atomic mass is 32.3. The average Bonchev–Trinajstić information content (AvgIpc) is 1.62. The fourth-order valence-electron chi connectivity index (χ4n) is 0.707. The summed E-state index contributed by atoms with van der Waals surface area (Å²) >= 11 is 0. The second-order valence-electron chi connectivity index (χ2n) is 4.10. The summed E-state index contributed by atoms with van der Waals surface area (Å²) in [4.78, 5) is 0. The Bertz CT molecular complexity index is 111. The monoisotopic (exact) mass is 164 g/mol. The van der Waals surface area contributed by atoms with Gasteiger partial charge in [-0.2, -0.15) is 0 Å². The van der Waals surface area contributed by atoms with Crippen LogP contribution in [-0.4, -0.2) is 20.8 Å². The van der Waals surface area contributed by atoms with E-state index in [-0.39, 0.29) is 4.75 Å². The molecule has 0 saturated carbocycles. The molecule has 0 rings (SSSR count). The zero-order chi connectivity index (χ0) is 8.58. The first-order valence-electron chi connectivity index (χ1n) is 3.69. The highest BCUT2D eigenvalue weighted by Gasteiger charge is 2.32. The number of hydrogen-bond acceptors (Lipinski definition) is 1. The van der Waals surface area contributed by atoms with E-state index in [2.05, 4.69) is 34.6 Å². The quantitative estimate of drug-likeness (QED) is 0.631. The van der Waals surface area contributed by atoms with Crippen molar-refractivity contribution in [2.75, 3.05) is 6.26 Å². The summed E-state index contributed by atoms with van der Waals surface area (Å²) in [6.45, 7) is 10.5. The highest BCUT2D eigenvalue weighted by molar-refractivity contribution is 8.30. The Balaban J connectivity index is 4.40. The van der Waals surface area contributed by atoms with E-state index in [9.17, 15) is 4.55 Å². The minimum atomic E-state index is -1.41. The van der Waals surface area contributed by atoms with E-state index >= 15 is 0 Å². The summed E-state index contributed by atoms with van der Waals surface area (Å²) in [6.07, 6.45) is 1.98. The second-order valence-corrected chi connectivity index (χ2v) is 8.14. The van der Waals surface area contributed by atoms with Crippen molar-refractivity contribution in [2.45, 2.75) is 44.6 Å². The molecule has 0 aromatic heterocycles. The molecule has 0 amide bonds. The van der Waals surface area contributed by atoms with E-state index in [0.29, 0.717) is 5.25 Å². The van der Waals surface area contributed by atoms with Crippen LogP contribution in [0.25, 0.3) is 0 Å². The van der Waals surface area contributed by atoms with Gasteiger partial charge in [0.05, 0.1) is 0 Å². The molecule has 0 radical (unpaired) electrons. The molecular weight excluding hydrogens is 144 g/mol. The Labute approximate surface area is 66.4 Å². The first-order chi connectivity index (χ1) is 4.19. The van der Waals surface area contributed by atoms with Crippen LogP contribution in [0.2, 0.25) is 0 Å². The zero-order valence-corrected chi connectivity index (χ0v) is 8.75. The Morgan fingerprint density at radius 2 is 1.50 bits per heavy atom. The summed E-state index contributed by atoms with van der Waals surface area (Å²) < 4.78 is 10.1. The summed E-state index contributed by atoms with van der Waals surface area (Å²) in [6, 6.07) is 0. The van der Waals surface area contributed by atoms with Crippen molar-refractivity contribution in [3.8, 4) is 0 Å². The van der Waals surface area contributed by atoms with Crippen LogP contribution in [0.15, 0.2) is 0 Å². The number of hydrogen-bond donors (Lipinski definition) is 1. The Kier molecular flexibility index (Phi) is 2.83. The molecular formula is C8H20OS. The van der Waals surface area contributed by atoms with E-state index in [4.69, 9.17) is 0 Å². The van der Waals surface area contributed by atoms with E-state index in [1.54, 1.807) is 0 Å². The fraction of sp³-hybridized carbons (Fsp3) is 1.00. The van der Waals surface area contributed by atoms with Gasteiger partial charge in [-0.1, -0.05) is 34.6 Å². The van der Waals surface area contributed by atoms with E-state index in [0.717, 1.165) is 0 Å². The molecule has 1 nitrogen and oxygen atoms in total. The Hall–Kier alpha value is 0.310. The van der Waals surface area contributed by atoms with Crippen molar-refractivity contribution in [3.63, 3.8) is 0 Å². The lowest BCUT2D eigenvalue weighted by Gasteiger charge is -2.45. The lowest BCUT2D eigenvalue weighted by molar-refractivity contribution is 0.574. The highest BCUT2D eigenvalue weighted by Crippen LogP contribution is 2.55. The van der Waals surface area contributed by atoms with Gasteiger partial charge in [-0.3, -0.25) is 0 Å². The Morgan fingerprint density at radius 1 is 1.20 bits per heavy atom. The van der Waals surface area contributed by atoms with Crippen molar-refractivity contribution < 1.29 is 4.55 Å². The van der Waals surface area contributed by atoms with Crippen LogP contribution in [0.4, 0.5) is 0 Å². The van der Waals surface area contributed by atoms with Gasteiger partial charge in [-0.05, 0) is 6.26 Å². The molecule has 2 heteroatoms. The van der Waals surface area contributed by atoms with Crippen molar-refractivity contribution in [1.29, 1.82) is 0 Å². The van der Waals surface area contributed by atoms with Gasteiger partial charge >= 0.3 is 0 Å². The smallest absolute Gasteiger partial charge is 0.0129 e. The molecule has 0 heterocycles. The predicted molar refractivity (Wildman–Crippen MR) is 51.0 cm³/mol. The SMILES string of the molecule is CC(C)S(C)(O)C(C)(C)C. The predicted octanol–water partition coefficient (Wildman–Crippen LogP) is 3.10. The summed E-state index contributed by atoms with van der Waals surface area (Å²) in [5.41, 5.74) is 0. The zero-order valence-electron chi connectivity index (χ0n) is 7.93. The van der Waals surface area contributed by atoms with Crippen molar-refractivity contribution in [3.05, 3.63) is 0 Å². The van der Waals surface area contributed by atoms with E-state index in [1.165, 1.54) is 0 Å². The maximum atomic E-state index is 10.0. The minimum Gasteiger partial charge on any atom is -0.351 e. The molecule has 0 aliphatic heterocycles. The van der Waals surface area contributed by atoms with Crippen molar-refractivity contribution >= 4 is 10.3 Å². The average molecular weight is 164 g/mol. The molecule has 0 aliphatic carbocycles. The largest absolute Gasteiger partial charge is 0.351 e. The molecule has 64 valence electrons. The maximum Gasteiger partial charge on any atom is 0.0129 e. The molecule has 0 aromatic carbocycles. The standard InChI is InChI=1S/C8H20OS/c1-7(2)10(6,9)8(3,4)5/h7,9H,1-6H3. The van der Waals surface area contributed by atoms with Crippen LogP contribution in [0, 0.1) is 0 Å².